The van der Waals surface area contributed by atoms with Gasteiger partial charge in [0, 0.05) is 10.5 Å². The van der Waals surface area contributed by atoms with E-state index in [4.69, 9.17) is 4.74 Å². The van der Waals surface area contributed by atoms with Crippen LogP contribution in [0.3, 0.4) is 0 Å². The van der Waals surface area contributed by atoms with Gasteiger partial charge >= 0.3 is 0 Å². The van der Waals surface area contributed by atoms with Crippen LogP contribution in [0.4, 0.5) is 0 Å². The number of rotatable bonds is 6. The summed E-state index contributed by atoms with van der Waals surface area (Å²) in [5.41, 5.74) is 1.34. The van der Waals surface area contributed by atoms with Crippen molar-refractivity contribution in [2.45, 2.75) is 45.6 Å². The van der Waals surface area contributed by atoms with E-state index in [1.807, 2.05) is 0 Å². The molecule has 0 amide bonds. The summed E-state index contributed by atoms with van der Waals surface area (Å²) in [5, 5.41) is 3.60. The third kappa shape index (κ3) is 4.23. The van der Waals surface area contributed by atoms with Gasteiger partial charge in [-0.15, -0.1) is 0 Å². The van der Waals surface area contributed by atoms with Crippen LogP contribution >= 0.6 is 15.9 Å². The number of ether oxygens (including phenoxy) is 1. The molecule has 0 saturated heterocycles. The van der Waals surface area contributed by atoms with Gasteiger partial charge in [0.05, 0.1) is 7.11 Å². The Labute approximate surface area is 131 Å². The van der Waals surface area contributed by atoms with E-state index >= 15 is 0 Å². The van der Waals surface area contributed by atoms with Gasteiger partial charge in [-0.05, 0) is 61.4 Å². The molecule has 2 atom stereocenters. The summed E-state index contributed by atoms with van der Waals surface area (Å²) in [7, 11) is 1.76. The van der Waals surface area contributed by atoms with Crippen molar-refractivity contribution in [3.63, 3.8) is 0 Å². The van der Waals surface area contributed by atoms with Crippen LogP contribution in [0.25, 0.3) is 0 Å². The second-order valence-corrected chi connectivity index (χ2v) is 7.09. The zero-order valence-corrected chi connectivity index (χ0v) is 14.4. The molecule has 0 aliphatic heterocycles. The molecule has 0 radical (unpaired) electrons. The number of nitrogens with one attached hydrogen (secondary N) is 1. The maximum atomic E-state index is 5.51. The van der Waals surface area contributed by atoms with E-state index in [0.29, 0.717) is 6.04 Å². The molecule has 20 heavy (non-hydrogen) atoms. The topological polar surface area (TPSA) is 21.3 Å². The number of benzene rings is 1. The lowest BCUT2D eigenvalue weighted by Crippen LogP contribution is -2.31. The van der Waals surface area contributed by atoms with Gasteiger partial charge in [0.1, 0.15) is 5.75 Å². The molecule has 0 spiro atoms. The summed E-state index contributed by atoms with van der Waals surface area (Å²) >= 11 is 3.57. The summed E-state index contributed by atoms with van der Waals surface area (Å²) in [6.45, 7) is 5.60. The molecule has 1 fully saturated rings. The SMILES string of the molecule is COc1ccc(Br)cc1CC1CCCC1CNC(C)C. The fourth-order valence-corrected chi connectivity index (χ4v) is 3.64. The molecule has 1 aliphatic carbocycles. The first-order valence-corrected chi connectivity index (χ1v) is 8.45. The van der Waals surface area contributed by atoms with Gasteiger partial charge < -0.3 is 10.1 Å². The number of halogens is 1. The smallest absolute Gasteiger partial charge is 0.122 e. The summed E-state index contributed by atoms with van der Waals surface area (Å²) in [5.74, 6) is 2.61. The Kier molecular flexibility index (Phi) is 5.91. The second-order valence-electron chi connectivity index (χ2n) is 6.17. The molecule has 1 aliphatic rings. The van der Waals surface area contributed by atoms with Crippen LogP contribution in [-0.4, -0.2) is 19.7 Å². The minimum absolute atomic E-state index is 0.580. The normalized spacial score (nSPS) is 22.4. The predicted molar refractivity (Wildman–Crippen MR) is 88.4 cm³/mol. The highest BCUT2D eigenvalue weighted by molar-refractivity contribution is 9.10. The lowest BCUT2D eigenvalue weighted by atomic mass is 9.89. The third-order valence-corrected chi connectivity index (χ3v) is 4.82. The highest BCUT2D eigenvalue weighted by Crippen LogP contribution is 2.36. The van der Waals surface area contributed by atoms with Crippen LogP contribution in [0, 0.1) is 11.8 Å². The standard InChI is InChI=1S/C17H26BrNO/c1-12(2)19-11-14-6-4-5-13(14)9-15-10-16(18)7-8-17(15)20-3/h7-8,10,12-14,19H,4-6,9,11H2,1-3H3. The Hall–Kier alpha value is -0.540. The van der Waals surface area contributed by atoms with E-state index in [1.54, 1.807) is 7.11 Å². The molecule has 2 unspecified atom stereocenters. The van der Waals surface area contributed by atoms with Crippen molar-refractivity contribution in [1.82, 2.24) is 5.32 Å². The number of methoxy groups -OCH3 is 1. The van der Waals surface area contributed by atoms with Crippen LogP contribution in [0.1, 0.15) is 38.7 Å². The Morgan fingerprint density at radius 1 is 1.30 bits per heavy atom. The highest BCUT2D eigenvalue weighted by Gasteiger charge is 2.28. The minimum atomic E-state index is 0.580. The molecule has 0 aromatic heterocycles. The molecule has 112 valence electrons. The van der Waals surface area contributed by atoms with Crippen molar-refractivity contribution in [2.24, 2.45) is 11.8 Å². The first-order valence-electron chi connectivity index (χ1n) is 7.66. The average Bonchev–Trinajstić information content (AvgIpc) is 2.84. The fraction of sp³-hybridized carbons (Fsp3) is 0.647. The molecule has 1 saturated carbocycles. The van der Waals surface area contributed by atoms with Crippen LogP contribution < -0.4 is 10.1 Å². The summed E-state index contributed by atoms with van der Waals surface area (Å²) in [6.07, 6.45) is 5.21. The quantitative estimate of drug-likeness (QED) is 0.828. The van der Waals surface area contributed by atoms with Gasteiger partial charge in [-0.2, -0.15) is 0 Å². The maximum Gasteiger partial charge on any atom is 0.122 e. The van der Waals surface area contributed by atoms with E-state index in [1.165, 1.54) is 24.8 Å². The third-order valence-electron chi connectivity index (χ3n) is 4.33. The summed E-state index contributed by atoms with van der Waals surface area (Å²) < 4.78 is 6.65. The van der Waals surface area contributed by atoms with E-state index in [-0.39, 0.29) is 0 Å². The number of hydrogen-bond acceptors (Lipinski definition) is 2. The zero-order valence-electron chi connectivity index (χ0n) is 12.8. The molecule has 1 N–H and O–H groups in total. The lowest BCUT2D eigenvalue weighted by Gasteiger charge is -2.22. The number of hydrogen-bond donors (Lipinski definition) is 1. The maximum absolute atomic E-state index is 5.51. The molecule has 3 heteroatoms. The van der Waals surface area contributed by atoms with E-state index in [2.05, 4.69) is 53.3 Å². The molecule has 1 aromatic rings. The fourth-order valence-electron chi connectivity index (χ4n) is 3.23. The Bertz CT molecular complexity index is 433. The summed E-state index contributed by atoms with van der Waals surface area (Å²) in [6, 6.07) is 6.91. The average molecular weight is 340 g/mol. The van der Waals surface area contributed by atoms with Crippen molar-refractivity contribution < 1.29 is 4.74 Å². The molecule has 2 nitrogen and oxygen atoms in total. The molecule has 0 bridgehead atoms. The molecule has 2 rings (SSSR count). The summed E-state index contributed by atoms with van der Waals surface area (Å²) in [4.78, 5) is 0. The molecular formula is C17H26BrNO. The van der Waals surface area contributed by atoms with Gasteiger partial charge in [-0.25, -0.2) is 0 Å². The van der Waals surface area contributed by atoms with E-state index in [0.717, 1.165) is 35.0 Å². The highest BCUT2D eigenvalue weighted by atomic mass is 79.9. The molecule has 0 heterocycles. The van der Waals surface area contributed by atoms with Gasteiger partial charge in [0.25, 0.3) is 0 Å². The molecule has 1 aromatic carbocycles. The van der Waals surface area contributed by atoms with Crippen LogP contribution in [0.5, 0.6) is 5.75 Å². The van der Waals surface area contributed by atoms with Gasteiger partial charge in [0.15, 0.2) is 0 Å². The molecular weight excluding hydrogens is 314 g/mol. The van der Waals surface area contributed by atoms with Crippen LogP contribution in [0.2, 0.25) is 0 Å². The second kappa shape index (κ2) is 7.46. The van der Waals surface area contributed by atoms with Crippen molar-refractivity contribution in [1.29, 1.82) is 0 Å². The first-order chi connectivity index (χ1) is 9.60. The van der Waals surface area contributed by atoms with Crippen molar-refractivity contribution in [3.8, 4) is 5.75 Å². The Morgan fingerprint density at radius 2 is 2.05 bits per heavy atom. The monoisotopic (exact) mass is 339 g/mol. The van der Waals surface area contributed by atoms with Crippen molar-refractivity contribution in [2.75, 3.05) is 13.7 Å². The van der Waals surface area contributed by atoms with E-state index < -0.39 is 0 Å². The Morgan fingerprint density at radius 3 is 2.75 bits per heavy atom. The van der Waals surface area contributed by atoms with Crippen LogP contribution in [0.15, 0.2) is 22.7 Å². The zero-order chi connectivity index (χ0) is 14.5. The largest absolute Gasteiger partial charge is 0.496 e. The van der Waals surface area contributed by atoms with Crippen molar-refractivity contribution >= 4 is 15.9 Å². The van der Waals surface area contributed by atoms with Gasteiger partial charge in [-0.3, -0.25) is 0 Å². The first kappa shape index (κ1) is 15.8. The van der Waals surface area contributed by atoms with Gasteiger partial charge in [0.2, 0.25) is 0 Å². The van der Waals surface area contributed by atoms with Crippen molar-refractivity contribution in [3.05, 3.63) is 28.2 Å². The van der Waals surface area contributed by atoms with Gasteiger partial charge in [-0.1, -0.05) is 36.2 Å². The minimum Gasteiger partial charge on any atom is -0.496 e. The van der Waals surface area contributed by atoms with Crippen LogP contribution in [-0.2, 0) is 6.42 Å². The lowest BCUT2D eigenvalue weighted by molar-refractivity contribution is 0.346. The van der Waals surface area contributed by atoms with E-state index in [9.17, 15) is 0 Å². The predicted octanol–water partition coefficient (Wildman–Crippen LogP) is 4.41. The Balaban J connectivity index is 2.02.